The van der Waals surface area contributed by atoms with E-state index >= 15 is 0 Å². The molecule has 0 aromatic carbocycles. The number of Topliss-reactive ketones (excluding diaryl/α,β-unsaturated/α-hetero) is 1. The summed E-state index contributed by atoms with van der Waals surface area (Å²) in [6.07, 6.45) is 10.4. The molecule has 4 fully saturated rings. The lowest BCUT2D eigenvalue weighted by Crippen LogP contribution is -2.59. The number of ketones is 1. The highest BCUT2D eigenvalue weighted by molar-refractivity contribution is 5.83. The van der Waals surface area contributed by atoms with Gasteiger partial charge in [-0.1, -0.05) is 26.7 Å². The first-order valence-corrected chi connectivity index (χ1v) is 11.1. The average molecular weight is 377 g/mol. The van der Waals surface area contributed by atoms with Crippen LogP contribution in [-0.2, 0) is 14.3 Å². The van der Waals surface area contributed by atoms with Crippen LogP contribution in [0.25, 0.3) is 0 Å². The summed E-state index contributed by atoms with van der Waals surface area (Å²) in [7, 11) is 0. The highest BCUT2D eigenvalue weighted by Crippen LogP contribution is 2.67. The summed E-state index contributed by atoms with van der Waals surface area (Å²) in [5, 5.41) is 9.50. The Morgan fingerprint density at radius 2 is 1.81 bits per heavy atom. The summed E-state index contributed by atoms with van der Waals surface area (Å²) in [4.78, 5) is 24.5. The van der Waals surface area contributed by atoms with E-state index in [9.17, 15) is 14.7 Å². The van der Waals surface area contributed by atoms with Crippen molar-refractivity contribution in [2.75, 3.05) is 6.61 Å². The van der Waals surface area contributed by atoms with Crippen molar-refractivity contribution < 1.29 is 19.4 Å². The van der Waals surface area contributed by atoms with E-state index in [2.05, 4.69) is 13.8 Å². The van der Waals surface area contributed by atoms with Crippen LogP contribution in [0.1, 0.15) is 78.6 Å². The SMILES string of the molecule is CC(=O)OC1CC2(C)C(C(=O)CO)CCC2C2CCC3CCCCC3(C)C12. The molecule has 4 saturated carbocycles. The number of esters is 1. The maximum atomic E-state index is 12.5. The summed E-state index contributed by atoms with van der Waals surface area (Å²) in [6.45, 7) is 5.88. The second-order valence-electron chi connectivity index (χ2n) is 10.4. The van der Waals surface area contributed by atoms with Gasteiger partial charge in [0.15, 0.2) is 5.78 Å². The van der Waals surface area contributed by atoms with Gasteiger partial charge in [0.2, 0.25) is 0 Å². The van der Waals surface area contributed by atoms with Gasteiger partial charge in [-0.25, -0.2) is 0 Å². The van der Waals surface area contributed by atoms with Gasteiger partial charge >= 0.3 is 5.97 Å². The fraction of sp³-hybridized carbons (Fsp3) is 0.913. The molecule has 4 aliphatic carbocycles. The Labute approximate surface area is 163 Å². The monoisotopic (exact) mass is 376 g/mol. The minimum Gasteiger partial charge on any atom is -0.462 e. The van der Waals surface area contributed by atoms with Gasteiger partial charge in [0.1, 0.15) is 12.7 Å². The molecule has 4 heteroatoms. The van der Waals surface area contributed by atoms with Crippen LogP contribution in [-0.4, -0.2) is 29.6 Å². The summed E-state index contributed by atoms with van der Waals surface area (Å²) >= 11 is 0. The zero-order valence-corrected chi connectivity index (χ0v) is 17.2. The van der Waals surface area contributed by atoms with Crippen molar-refractivity contribution in [3.05, 3.63) is 0 Å². The van der Waals surface area contributed by atoms with E-state index in [0.717, 1.165) is 25.2 Å². The number of rotatable bonds is 3. The van der Waals surface area contributed by atoms with Crippen molar-refractivity contribution in [3.63, 3.8) is 0 Å². The van der Waals surface area contributed by atoms with Crippen LogP contribution in [0.3, 0.4) is 0 Å². The van der Waals surface area contributed by atoms with Gasteiger partial charge in [-0.05, 0) is 73.5 Å². The highest BCUT2D eigenvalue weighted by Gasteiger charge is 2.64. The van der Waals surface area contributed by atoms with E-state index in [1.165, 1.54) is 45.4 Å². The second kappa shape index (κ2) is 6.86. The zero-order valence-electron chi connectivity index (χ0n) is 17.2. The van der Waals surface area contributed by atoms with Crippen molar-refractivity contribution in [3.8, 4) is 0 Å². The molecule has 4 aliphatic rings. The molecule has 0 bridgehead atoms. The van der Waals surface area contributed by atoms with E-state index in [1.807, 2.05) is 0 Å². The number of ether oxygens (including phenoxy) is 1. The Balaban J connectivity index is 1.72. The van der Waals surface area contributed by atoms with Crippen LogP contribution < -0.4 is 0 Å². The van der Waals surface area contributed by atoms with Crippen molar-refractivity contribution in [2.24, 2.45) is 40.4 Å². The lowest BCUT2D eigenvalue weighted by molar-refractivity contribution is -0.193. The molecule has 1 N–H and O–H groups in total. The summed E-state index contributed by atoms with van der Waals surface area (Å²) < 4.78 is 6.00. The first-order valence-electron chi connectivity index (χ1n) is 11.1. The van der Waals surface area contributed by atoms with E-state index in [4.69, 9.17) is 4.74 Å². The Hall–Kier alpha value is -0.900. The summed E-state index contributed by atoms with van der Waals surface area (Å²) in [6, 6.07) is 0. The fourth-order valence-electron chi connectivity index (χ4n) is 8.35. The Bertz CT molecular complexity index is 615. The largest absolute Gasteiger partial charge is 0.462 e. The molecule has 0 spiro atoms. The number of aliphatic hydroxyl groups is 1. The normalized spacial score (nSPS) is 48.9. The number of carbonyl (C=O) groups excluding carboxylic acids is 2. The van der Waals surface area contributed by atoms with Crippen molar-refractivity contribution >= 4 is 11.8 Å². The molecule has 8 atom stereocenters. The first-order chi connectivity index (χ1) is 12.8. The first kappa shape index (κ1) is 19.4. The van der Waals surface area contributed by atoms with Crippen LogP contribution in [0.5, 0.6) is 0 Å². The predicted octanol–water partition coefficient (Wildman–Crippen LogP) is 4.14. The molecule has 0 saturated heterocycles. The van der Waals surface area contributed by atoms with Gasteiger partial charge in [0, 0.05) is 18.8 Å². The number of hydrogen-bond donors (Lipinski definition) is 1. The van der Waals surface area contributed by atoms with E-state index < -0.39 is 0 Å². The molecule has 0 aliphatic heterocycles. The molecule has 8 unspecified atom stereocenters. The third-order valence-electron chi connectivity index (χ3n) is 9.35. The quantitative estimate of drug-likeness (QED) is 0.752. The maximum absolute atomic E-state index is 12.5. The minimum atomic E-state index is -0.362. The molecule has 4 rings (SSSR count). The van der Waals surface area contributed by atoms with Gasteiger partial charge in [-0.15, -0.1) is 0 Å². The van der Waals surface area contributed by atoms with E-state index in [0.29, 0.717) is 17.8 Å². The van der Waals surface area contributed by atoms with Gasteiger partial charge in [0.25, 0.3) is 0 Å². The second-order valence-corrected chi connectivity index (χ2v) is 10.4. The lowest BCUT2D eigenvalue weighted by atomic mass is 9.44. The van der Waals surface area contributed by atoms with Crippen molar-refractivity contribution in [2.45, 2.75) is 84.7 Å². The van der Waals surface area contributed by atoms with Crippen LogP contribution in [0.4, 0.5) is 0 Å². The number of hydrogen-bond acceptors (Lipinski definition) is 4. The predicted molar refractivity (Wildman–Crippen MR) is 103 cm³/mol. The van der Waals surface area contributed by atoms with Crippen LogP contribution in [0.2, 0.25) is 0 Å². The molecular weight excluding hydrogens is 340 g/mol. The fourth-order valence-corrected chi connectivity index (χ4v) is 8.35. The molecular formula is C23H36O4. The van der Waals surface area contributed by atoms with Gasteiger partial charge < -0.3 is 9.84 Å². The zero-order chi connectivity index (χ0) is 19.4. The molecule has 0 heterocycles. The average Bonchev–Trinajstić information content (AvgIpc) is 2.96. The smallest absolute Gasteiger partial charge is 0.302 e. The standard InChI is InChI=1S/C23H36O4/c1-14(25)27-20-12-23(3)17(9-10-18(23)19(26)13-24)16-8-7-15-6-4-5-11-22(15,2)21(16)20/h15-18,20-21,24H,4-13H2,1-3H3. The third-order valence-corrected chi connectivity index (χ3v) is 9.35. The molecule has 0 radical (unpaired) electrons. The van der Waals surface area contributed by atoms with Crippen molar-refractivity contribution in [1.82, 2.24) is 0 Å². The summed E-state index contributed by atoms with van der Waals surface area (Å²) in [5.41, 5.74) is 0.126. The lowest BCUT2D eigenvalue weighted by Gasteiger charge is -2.62. The number of fused-ring (bicyclic) bond motifs is 5. The Morgan fingerprint density at radius 3 is 2.52 bits per heavy atom. The van der Waals surface area contributed by atoms with Crippen LogP contribution in [0, 0.1) is 40.4 Å². The maximum Gasteiger partial charge on any atom is 0.302 e. The number of aliphatic hydroxyl groups excluding tert-OH is 1. The molecule has 27 heavy (non-hydrogen) atoms. The van der Waals surface area contributed by atoms with E-state index in [1.54, 1.807) is 0 Å². The molecule has 0 aromatic heterocycles. The van der Waals surface area contributed by atoms with E-state index in [-0.39, 0.29) is 41.2 Å². The Morgan fingerprint density at radius 1 is 1.04 bits per heavy atom. The van der Waals surface area contributed by atoms with Crippen molar-refractivity contribution in [1.29, 1.82) is 0 Å². The summed E-state index contributed by atoms with van der Waals surface area (Å²) in [5.74, 6) is 1.97. The van der Waals surface area contributed by atoms with Gasteiger partial charge in [0.05, 0.1) is 0 Å². The third kappa shape index (κ3) is 2.89. The van der Waals surface area contributed by atoms with Crippen LogP contribution in [0.15, 0.2) is 0 Å². The van der Waals surface area contributed by atoms with Crippen LogP contribution >= 0.6 is 0 Å². The topological polar surface area (TPSA) is 63.6 Å². The Kier molecular flexibility index (Phi) is 4.93. The number of carbonyl (C=O) groups is 2. The van der Waals surface area contributed by atoms with Gasteiger partial charge in [-0.2, -0.15) is 0 Å². The molecule has 152 valence electrons. The van der Waals surface area contributed by atoms with Gasteiger partial charge in [-0.3, -0.25) is 9.59 Å². The molecule has 4 nitrogen and oxygen atoms in total. The molecule has 0 amide bonds. The highest BCUT2D eigenvalue weighted by atomic mass is 16.5. The minimum absolute atomic E-state index is 0.0161. The molecule has 0 aromatic rings.